The van der Waals surface area contributed by atoms with E-state index in [0.717, 1.165) is 22.8 Å². The zero-order chi connectivity index (χ0) is 12.5. The third kappa shape index (κ3) is 1.76. The number of ether oxygens (including phenoxy) is 1. The SMILES string of the molecule is COc1ccccc1-n1nnc(CN)c1C1CC1. The molecule has 2 aromatic rings. The van der Waals surface area contributed by atoms with E-state index in [4.69, 9.17) is 10.5 Å². The van der Waals surface area contributed by atoms with Gasteiger partial charge in [0.05, 0.1) is 12.8 Å². The van der Waals surface area contributed by atoms with E-state index >= 15 is 0 Å². The highest BCUT2D eigenvalue weighted by Crippen LogP contribution is 2.42. The van der Waals surface area contributed by atoms with Gasteiger partial charge >= 0.3 is 0 Å². The summed E-state index contributed by atoms with van der Waals surface area (Å²) in [7, 11) is 1.66. The van der Waals surface area contributed by atoms with Gasteiger partial charge in [-0.05, 0) is 25.0 Å². The van der Waals surface area contributed by atoms with Gasteiger partial charge < -0.3 is 10.5 Å². The maximum absolute atomic E-state index is 5.73. The number of rotatable bonds is 4. The highest BCUT2D eigenvalue weighted by atomic mass is 16.5. The maximum Gasteiger partial charge on any atom is 0.144 e. The molecule has 0 saturated heterocycles. The van der Waals surface area contributed by atoms with Crippen molar-refractivity contribution in [2.45, 2.75) is 25.3 Å². The van der Waals surface area contributed by atoms with Crippen LogP contribution in [0.5, 0.6) is 5.75 Å². The van der Waals surface area contributed by atoms with Crippen molar-refractivity contribution in [2.75, 3.05) is 7.11 Å². The summed E-state index contributed by atoms with van der Waals surface area (Å²) in [5, 5.41) is 8.41. The summed E-state index contributed by atoms with van der Waals surface area (Å²) >= 11 is 0. The largest absolute Gasteiger partial charge is 0.494 e. The molecule has 0 spiro atoms. The number of hydrogen-bond donors (Lipinski definition) is 1. The van der Waals surface area contributed by atoms with Gasteiger partial charge in [0.2, 0.25) is 0 Å². The minimum absolute atomic E-state index is 0.432. The fourth-order valence-corrected chi connectivity index (χ4v) is 2.21. The maximum atomic E-state index is 5.73. The number of para-hydroxylation sites is 2. The molecule has 3 rings (SSSR count). The molecule has 5 nitrogen and oxygen atoms in total. The van der Waals surface area contributed by atoms with Crippen LogP contribution in [0.15, 0.2) is 24.3 Å². The second kappa shape index (κ2) is 4.42. The van der Waals surface area contributed by atoms with E-state index < -0.39 is 0 Å². The number of nitrogens with zero attached hydrogens (tertiary/aromatic N) is 3. The Morgan fingerprint density at radius 3 is 2.83 bits per heavy atom. The molecule has 0 bridgehead atoms. The first-order valence-electron chi connectivity index (χ1n) is 6.13. The minimum atomic E-state index is 0.432. The third-order valence-electron chi connectivity index (χ3n) is 3.25. The van der Waals surface area contributed by atoms with Gasteiger partial charge in [-0.15, -0.1) is 5.10 Å². The highest BCUT2D eigenvalue weighted by molar-refractivity contribution is 5.47. The van der Waals surface area contributed by atoms with E-state index in [0.29, 0.717) is 12.5 Å². The summed E-state index contributed by atoms with van der Waals surface area (Å²) in [6.45, 7) is 0.432. The van der Waals surface area contributed by atoms with E-state index in [9.17, 15) is 0 Å². The molecule has 2 N–H and O–H groups in total. The second-order valence-electron chi connectivity index (χ2n) is 4.48. The molecule has 1 saturated carbocycles. The zero-order valence-electron chi connectivity index (χ0n) is 10.3. The fraction of sp³-hybridized carbons (Fsp3) is 0.385. The van der Waals surface area contributed by atoms with Gasteiger partial charge in [0.15, 0.2) is 0 Å². The zero-order valence-corrected chi connectivity index (χ0v) is 10.3. The Labute approximate surface area is 106 Å². The highest BCUT2D eigenvalue weighted by Gasteiger charge is 2.31. The van der Waals surface area contributed by atoms with Crippen LogP contribution in [0.25, 0.3) is 5.69 Å². The molecule has 1 aromatic heterocycles. The van der Waals surface area contributed by atoms with E-state index in [-0.39, 0.29) is 0 Å². The van der Waals surface area contributed by atoms with Gasteiger partial charge in [0.1, 0.15) is 17.1 Å². The normalized spacial score (nSPS) is 14.8. The van der Waals surface area contributed by atoms with Crippen molar-refractivity contribution >= 4 is 0 Å². The summed E-state index contributed by atoms with van der Waals surface area (Å²) in [6, 6.07) is 7.83. The summed E-state index contributed by atoms with van der Waals surface area (Å²) in [5.41, 5.74) is 8.69. The molecule has 0 atom stereocenters. The number of hydrogen-bond acceptors (Lipinski definition) is 4. The molecule has 0 radical (unpaired) electrons. The van der Waals surface area contributed by atoms with Crippen LogP contribution >= 0.6 is 0 Å². The van der Waals surface area contributed by atoms with Crippen LogP contribution < -0.4 is 10.5 Å². The van der Waals surface area contributed by atoms with Gasteiger partial charge in [0, 0.05) is 12.5 Å². The summed E-state index contributed by atoms with van der Waals surface area (Å²) < 4.78 is 7.25. The molecule has 1 aliphatic rings. The van der Waals surface area contributed by atoms with Crippen LogP contribution in [-0.4, -0.2) is 22.1 Å². The first-order valence-corrected chi connectivity index (χ1v) is 6.13. The topological polar surface area (TPSA) is 66.0 Å². The Kier molecular flexibility index (Phi) is 2.76. The lowest BCUT2D eigenvalue weighted by molar-refractivity contribution is 0.411. The van der Waals surface area contributed by atoms with Crippen LogP contribution in [0.3, 0.4) is 0 Å². The predicted octanol–water partition coefficient (Wildman–Crippen LogP) is 1.61. The summed E-state index contributed by atoms with van der Waals surface area (Å²) in [6.07, 6.45) is 2.38. The van der Waals surface area contributed by atoms with Crippen molar-refractivity contribution < 1.29 is 4.74 Å². The predicted molar refractivity (Wildman–Crippen MR) is 67.8 cm³/mol. The van der Waals surface area contributed by atoms with Gasteiger partial charge in [0.25, 0.3) is 0 Å². The van der Waals surface area contributed by atoms with Crippen molar-refractivity contribution in [1.82, 2.24) is 15.0 Å². The average molecular weight is 244 g/mol. The molecule has 1 aromatic carbocycles. The molecule has 0 amide bonds. The van der Waals surface area contributed by atoms with Gasteiger partial charge in [-0.25, -0.2) is 4.68 Å². The minimum Gasteiger partial charge on any atom is -0.494 e. The quantitative estimate of drug-likeness (QED) is 0.887. The number of nitrogens with two attached hydrogens (primary N) is 1. The van der Waals surface area contributed by atoms with E-state index in [2.05, 4.69) is 10.3 Å². The van der Waals surface area contributed by atoms with Crippen LogP contribution in [-0.2, 0) is 6.54 Å². The van der Waals surface area contributed by atoms with Crippen LogP contribution in [0, 0.1) is 0 Å². The standard InChI is InChI=1S/C13H16N4O/c1-18-12-5-3-2-4-11(12)17-13(9-6-7-9)10(8-14)15-16-17/h2-5,9H,6-8,14H2,1H3. The summed E-state index contributed by atoms with van der Waals surface area (Å²) in [5.74, 6) is 1.34. The molecular formula is C13H16N4O. The van der Waals surface area contributed by atoms with Gasteiger partial charge in [-0.2, -0.15) is 0 Å². The number of methoxy groups -OCH3 is 1. The Bertz CT molecular complexity index is 560. The monoisotopic (exact) mass is 244 g/mol. The van der Waals surface area contributed by atoms with Crippen LogP contribution in [0.1, 0.15) is 30.1 Å². The molecule has 1 aliphatic carbocycles. The lowest BCUT2D eigenvalue weighted by Gasteiger charge is -2.10. The fourth-order valence-electron chi connectivity index (χ4n) is 2.21. The van der Waals surface area contributed by atoms with E-state index in [1.165, 1.54) is 12.8 Å². The molecule has 1 fully saturated rings. The van der Waals surface area contributed by atoms with Crippen molar-refractivity contribution in [3.05, 3.63) is 35.7 Å². The molecule has 18 heavy (non-hydrogen) atoms. The lowest BCUT2D eigenvalue weighted by Crippen LogP contribution is -2.06. The average Bonchev–Trinajstić information content (AvgIpc) is 3.17. The number of aromatic nitrogens is 3. The lowest BCUT2D eigenvalue weighted by atomic mass is 10.2. The first-order chi connectivity index (χ1) is 8.85. The Hall–Kier alpha value is -1.88. The Morgan fingerprint density at radius 2 is 2.17 bits per heavy atom. The third-order valence-corrected chi connectivity index (χ3v) is 3.25. The van der Waals surface area contributed by atoms with Crippen LogP contribution in [0.2, 0.25) is 0 Å². The molecule has 1 heterocycles. The molecule has 0 aliphatic heterocycles. The van der Waals surface area contributed by atoms with Gasteiger partial charge in [-0.3, -0.25) is 0 Å². The van der Waals surface area contributed by atoms with Gasteiger partial charge in [-0.1, -0.05) is 17.3 Å². The van der Waals surface area contributed by atoms with E-state index in [1.54, 1.807) is 7.11 Å². The van der Waals surface area contributed by atoms with Crippen molar-refractivity contribution in [2.24, 2.45) is 5.73 Å². The summed E-state index contributed by atoms with van der Waals surface area (Å²) in [4.78, 5) is 0. The van der Waals surface area contributed by atoms with Crippen LogP contribution in [0.4, 0.5) is 0 Å². The Morgan fingerprint density at radius 1 is 1.39 bits per heavy atom. The molecule has 94 valence electrons. The first kappa shape index (κ1) is 11.2. The van der Waals surface area contributed by atoms with Crippen molar-refractivity contribution in [3.8, 4) is 11.4 Å². The molecule has 0 unspecified atom stereocenters. The van der Waals surface area contributed by atoms with E-state index in [1.807, 2.05) is 28.9 Å². The molecular weight excluding hydrogens is 228 g/mol. The Balaban J connectivity index is 2.13. The molecule has 5 heteroatoms. The van der Waals surface area contributed by atoms with Crippen molar-refractivity contribution in [1.29, 1.82) is 0 Å². The number of benzene rings is 1. The second-order valence-corrected chi connectivity index (χ2v) is 4.48. The smallest absolute Gasteiger partial charge is 0.144 e. The van der Waals surface area contributed by atoms with Crippen molar-refractivity contribution in [3.63, 3.8) is 0 Å².